The van der Waals surface area contributed by atoms with E-state index < -0.39 is 0 Å². The van der Waals surface area contributed by atoms with Crippen LogP contribution in [0.1, 0.15) is 37.8 Å². The second-order valence-corrected chi connectivity index (χ2v) is 6.34. The van der Waals surface area contributed by atoms with Gasteiger partial charge in [0.15, 0.2) is 0 Å². The monoisotopic (exact) mass is 341 g/mol. The Morgan fingerprint density at radius 3 is 2.52 bits per heavy atom. The third-order valence-electron chi connectivity index (χ3n) is 4.47. The number of unbranched alkanes of at least 4 members (excludes halogenated alkanes) is 1. The number of hydrogen-bond donors (Lipinski definition) is 0. The van der Waals surface area contributed by atoms with Gasteiger partial charge in [-0.2, -0.15) is 5.10 Å². The molecule has 5 heteroatoms. The average molecular weight is 341 g/mol. The third kappa shape index (κ3) is 4.78. The van der Waals surface area contributed by atoms with Crippen molar-refractivity contribution in [1.82, 2.24) is 14.7 Å². The fraction of sp³-hybridized carbons (Fsp3) is 0.450. The maximum atomic E-state index is 12.5. The van der Waals surface area contributed by atoms with Crippen LogP contribution in [0.4, 0.5) is 0 Å². The summed E-state index contributed by atoms with van der Waals surface area (Å²) in [4.78, 5) is 26.4. The Hall–Kier alpha value is -2.43. The number of likely N-dealkylation sites (N-methyl/N-ethyl adjacent to an activating group) is 1. The zero-order valence-corrected chi connectivity index (χ0v) is 15.6. The van der Waals surface area contributed by atoms with E-state index in [0.29, 0.717) is 12.2 Å². The maximum Gasteiger partial charge on any atom is 0.267 e. The SMILES string of the molecule is CCCCN(CC)C(=O)Cn1nc(-c2ccc(C)c(C)c2)ccc1=O. The average Bonchev–Trinajstić information content (AvgIpc) is 2.60. The summed E-state index contributed by atoms with van der Waals surface area (Å²) in [5.41, 5.74) is 3.77. The molecule has 0 bridgehead atoms. The number of nitrogens with zero attached hydrogens (tertiary/aromatic N) is 3. The molecule has 0 fully saturated rings. The van der Waals surface area contributed by atoms with Crippen molar-refractivity contribution in [2.24, 2.45) is 0 Å². The van der Waals surface area contributed by atoms with Crippen LogP contribution in [-0.4, -0.2) is 33.7 Å². The molecule has 2 rings (SSSR count). The Labute approximate surface area is 149 Å². The lowest BCUT2D eigenvalue weighted by Crippen LogP contribution is -2.37. The molecule has 25 heavy (non-hydrogen) atoms. The molecular weight excluding hydrogens is 314 g/mol. The molecule has 0 aliphatic heterocycles. The van der Waals surface area contributed by atoms with Gasteiger partial charge in [-0.25, -0.2) is 4.68 Å². The Morgan fingerprint density at radius 1 is 1.12 bits per heavy atom. The van der Waals surface area contributed by atoms with E-state index in [2.05, 4.69) is 18.9 Å². The number of benzene rings is 1. The Balaban J connectivity index is 2.25. The molecule has 1 amide bonds. The lowest BCUT2D eigenvalue weighted by Gasteiger charge is -2.20. The summed E-state index contributed by atoms with van der Waals surface area (Å²) in [5, 5.41) is 4.41. The first kappa shape index (κ1) is 18.9. The molecule has 1 heterocycles. The van der Waals surface area contributed by atoms with Crippen molar-refractivity contribution in [3.8, 4) is 11.3 Å². The fourth-order valence-electron chi connectivity index (χ4n) is 2.65. The number of aryl methyl sites for hydroxylation is 2. The van der Waals surface area contributed by atoms with Crippen molar-refractivity contribution >= 4 is 5.91 Å². The number of carbonyl (C=O) groups is 1. The minimum absolute atomic E-state index is 0.0188. The standard InChI is InChI=1S/C20H27N3O2/c1-5-7-12-22(6-2)20(25)14-23-19(24)11-10-18(21-23)17-9-8-15(3)16(4)13-17/h8-11,13H,5-7,12,14H2,1-4H3. The molecule has 2 aromatic rings. The first-order chi connectivity index (χ1) is 12.0. The molecule has 0 radical (unpaired) electrons. The van der Waals surface area contributed by atoms with Gasteiger partial charge in [0.25, 0.3) is 5.56 Å². The summed E-state index contributed by atoms with van der Waals surface area (Å²) < 4.78 is 1.27. The summed E-state index contributed by atoms with van der Waals surface area (Å²) >= 11 is 0. The molecule has 134 valence electrons. The van der Waals surface area contributed by atoms with Crippen molar-refractivity contribution in [2.75, 3.05) is 13.1 Å². The van der Waals surface area contributed by atoms with Crippen molar-refractivity contribution in [3.05, 3.63) is 51.8 Å². The minimum Gasteiger partial charge on any atom is -0.341 e. The second kappa shape index (κ2) is 8.60. The number of carbonyl (C=O) groups excluding carboxylic acids is 1. The van der Waals surface area contributed by atoms with Gasteiger partial charge in [-0.1, -0.05) is 25.5 Å². The number of hydrogen-bond acceptors (Lipinski definition) is 3. The van der Waals surface area contributed by atoms with Crippen molar-refractivity contribution in [1.29, 1.82) is 0 Å². The second-order valence-electron chi connectivity index (χ2n) is 6.34. The molecule has 0 spiro atoms. The molecule has 0 unspecified atom stereocenters. The molecule has 0 saturated carbocycles. The normalized spacial score (nSPS) is 10.7. The van der Waals surface area contributed by atoms with E-state index >= 15 is 0 Å². The predicted octanol–water partition coefficient (Wildman–Crippen LogP) is 3.18. The van der Waals surface area contributed by atoms with Crippen molar-refractivity contribution in [2.45, 2.75) is 47.1 Å². The largest absolute Gasteiger partial charge is 0.341 e. The van der Waals surface area contributed by atoms with Gasteiger partial charge >= 0.3 is 0 Å². The highest BCUT2D eigenvalue weighted by atomic mass is 16.2. The summed E-state index contributed by atoms with van der Waals surface area (Å²) in [6, 6.07) is 9.26. The molecule has 0 aliphatic rings. The van der Waals surface area contributed by atoms with Gasteiger partial charge in [0.1, 0.15) is 6.54 Å². The molecule has 1 aromatic carbocycles. The van der Waals surface area contributed by atoms with Gasteiger partial charge in [-0.3, -0.25) is 9.59 Å². The summed E-state index contributed by atoms with van der Waals surface area (Å²) in [6.45, 7) is 9.50. The number of rotatable bonds is 7. The molecule has 5 nitrogen and oxygen atoms in total. The lowest BCUT2D eigenvalue weighted by molar-refractivity contribution is -0.132. The lowest BCUT2D eigenvalue weighted by atomic mass is 10.0. The van der Waals surface area contributed by atoms with E-state index in [1.54, 1.807) is 11.0 Å². The van der Waals surface area contributed by atoms with Gasteiger partial charge in [-0.05, 0) is 50.5 Å². The zero-order valence-electron chi connectivity index (χ0n) is 15.6. The van der Waals surface area contributed by atoms with Gasteiger partial charge in [0.2, 0.25) is 5.91 Å². The van der Waals surface area contributed by atoms with Gasteiger partial charge < -0.3 is 4.90 Å². The van der Waals surface area contributed by atoms with Crippen LogP contribution in [0, 0.1) is 13.8 Å². The van der Waals surface area contributed by atoms with Crippen LogP contribution in [0.25, 0.3) is 11.3 Å². The van der Waals surface area contributed by atoms with Gasteiger partial charge in [0, 0.05) is 24.7 Å². The topological polar surface area (TPSA) is 55.2 Å². The third-order valence-corrected chi connectivity index (χ3v) is 4.47. The summed E-state index contributed by atoms with van der Waals surface area (Å²) in [6.07, 6.45) is 1.99. The van der Waals surface area contributed by atoms with Crippen LogP contribution in [-0.2, 0) is 11.3 Å². The molecule has 0 saturated heterocycles. The number of aromatic nitrogens is 2. The number of amides is 1. The highest BCUT2D eigenvalue weighted by Crippen LogP contribution is 2.19. The zero-order chi connectivity index (χ0) is 18.4. The van der Waals surface area contributed by atoms with Crippen LogP contribution in [0.5, 0.6) is 0 Å². The molecule has 0 atom stereocenters. The van der Waals surface area contributed by atoms with Crippen LogP contribution in [0.2, 0.25) is 0 Å². The smallest absolute Gasteiger partial charge is 0.267 e. The van der Waals surface area contributed by atoms with E-state index in [4.69, 9.17) is 0 Å². The van der Waals surface area contributed by atoms with Crippen LogP contribution in [0.15, 0.2) is 35.1 Å². The Morgan fingerprint density at radius 2 is 1.88 bits per heavy atom. The highest BCUT2D eigenvalue weighted by Gasteiger charge is 2.14. The van der Waals surface area contributed by atoms with E-state index in [1.165, 1.54) is 21.9 Å². The quantitative estimate of drug-likeness (QED) is 0.777. The van der Waals surface area contributed by atoms with E-state index in [1.807, 2.05) is 32.0 Å². The van der Waals surface area contributed by atoms with E-state index in [0.717, 1.165) is 24.9 Å². The summed E-state index contributed by atoms with van der Waals surface area (Å²) in [7, 11) is 0. The van der Waals surface area contributed by atoms with Gasteiger partial charge in [-0.15, -0.1) is 0 Å². The molecule has 1 aromatic heterocycles. The van der Waals surface area contributed by atoms with Crippen molar-refractivity contribution < 1.29 is 4.79 Å². The Bertz CT molecular complexity index is 796. The first-order valence-electron chi connectivity index (χ1n) is 8.89. The van der Waals surface area contributed by atoms with E-state index in [-0.39, 0.29) is 18.0 Å². The first-order valence-corrected chi connectivity index (χ1v) is 8.89. The van der Waals surface area contributed by atoms with Gasteiger partial charge in [0.05, 0.1) is 5.69 Å². The minimum atomic E-state index is -0.257. The molecular formula is C20H27N3O2. The predicted molar refractivity (Wildman–Crippen MR) is 101 cm³/mol. The highest BCUT2D eigenvalue weighted by molar-refractivity contribution is 5.75. The Kier molecular flexibility index (Phi) is 6.51. The van der Waals surface area contributed by atoms with Crippen molar-refractivity contribution in [3.63, 3.8) is 0 Å². The van der Waals surface area contributed by atoms with Crippen LogP contribution in [0.3, 0.4) is 0 Å². The van der Waals surface area contributed by atoms with Crippen LogP contribution < -0.4 is 5.56 Å². The molecule has 0 N–H and O–H groups in total. The van der Waals surface area contributed by atoms with E-state index in [9.17, 15) is 9.59 Å². The van der Waals surface area contributed by atoms with Crippen LogP contribution >= 0.6 is 0 Å². The molecule has 0 aliphatic carbocycles. The summed E-state index contributed by atoms with van der Waals surface area (Å²) in [5.74, 6) is -0.0669. The maximum absolute atomic E-state index is 12.5. The fourth-order valence-corrected chi connectivity index (χ4v) is 2.65.